The minimum Gasteiger partial charge on any atom is -0.490 e. The van der Waals surface area contributed by atoms with Crippen LogP contribution in [0.3, 0.4) is 0 Å². The number of carbonyl (C=O) groups is 3. The van der Waals surface area contributed by atoms with Crippen molar-refractivity contribution in [3.8, 4) is 11.5 Å². The van der Waals surface area contributed by atoms with Crippen LogP contribution in [0.1, 0.15) is 37.0 Å². The summed E-state index contributed by atoms with van der Waals surface area (Å²) in [5.74, 6) is 0.646. The summed E-state index contributed by atoms with van der Waals surface area (Å²) < 4.78 is 16.5. The molecule has 2 aromatic rings. The Bertz CT molecular complexity index is 946. The highest BCUT2D eigenvalue weighted by Crippen LogP contribution is 2.18. The van der Waals surface area contributed by atoms with Gasteiger partial charge in [0.1, 0.15) is 30.8 Å². The highest BCUT2D eigenvalue weighted by Gasteiger charge is 2.35. The van der Waals surface area contributed by atoms with E-state index in [9.17, 15) is 14.4 Å². The normalized spacial score (nSPS) is 15.6. The predicted molar refractivity (Wildman–Crippen MR) is 127 cm³/mol. The first kappa shape index (κ1) is 25.1. The first-order valence-electron chi connectivity index (χ1n) is 11.6. The van der Waals surface area contributed by atoms with Gasteiger partial charge in [-0.05, 0) is 48.7 Å². The van der Waals surface area contributed by atoms with Crippen molar-refractivity contribution in [2.45, 2.75) is 32.7 Å². The van der Waals surface area contributed by atoms with Crippen molar-refractivity contribution in [3.05, 3.63) is 60.2 Å². The number of benzene rings is 2. The number of para-hydroxylation sites is 1. The fourth-order valence-electron chi connectivity index (χ4n) is 3.48. The lowest BCUT2D eigenvalue weighted by atomic mass is 10.1. The first-order chi connectivity index (χ1) is 16.4. The molecule has 182 valence electrons. The largest absolute Gasteiger partial charge is 0.490 e. The van der Waals surface area contributed by atoms with E-state index >= 15 is 0 Å². The number of nitrogens with zero attached hydrogens (tertiary/aromatic N) is 1. The van der Waals surface area contributed by atoms with Crippen molar-refractivity contribution in [1.29, 1.82) is 0 Å². The van der Waals surface area contributed by atoms with Gasteiger partial charge < -0.3 is 24.4 Å². The lowest BCUT2D eigenvalue weighted by molar-refractivity contribution is -0.148. The minimum atomic E-state index is -0.890. The molecule has 1 unspecified atom stereocenters. The van der Waals surface area contributed by atoms with Crippen LogP contribution in [0.5, 0.6) is 11.5 Å². The van der Waals surface area contributed by atoms with Crippen molar-refractivity contribution in [2.24, 2.45) is 5.92 Å². The van der Waals surface area contributed by atoms with E-state index in [4.69, 9.17) is 14.2 Å². The highest BCUT2D eigenvalue weighted by molar-refractivity contribution is 5.99. The van der Waals surface area contributed by atoms with E-state index in [2.05, 4.69) is 5.32 Å². The number of hydrogen-bond donors (Lipinski definition) is 1. The molecule has 0 spiro atoms. The molecule has 34 heavy (non-hydrogen) atoms. The van der Waals surface area contributed by atoms with Crippen molar-refractivity contribution < 1.29 is 28.6 Å². The Kier molecular flexibility index (Phi) is 9.31. The average Bonchev–Trinajstić information content (AvgIpc) is 2.83. The smallest absolute Gasteiger partial charge is 0.308 e. The molecule has 1 aliphatic rings. The molecule has 0 aromatic heterocycles. The second-order valence-electron chi connectivity index (χ2n) is 8.45. The molecular weight excluding hydrogens is 436 g/mol. The lowest BCUT2D eigenvalue weighted by Gasteiger charge is -2.34. The van der Waals surface area contributed by atoms with Crippen LogP contribution < -0.4 is 14.8 Å². The average molecular weight is 469 g/mol. The van der Waals surface area contributed by atoms with Gasteiger partial charge in [-0.15, -0.1) is 0 Å². The van der Waals surface area contributed by atoms with Crippen molar-refractivity contribution in [3.63, 3.8) is 0 Å². The molecule has 1 N–H and O–H groups in total. The molecule has 2 aromatic carbocycles. The maximum atomic E-state index is 13.1. The van der Waals surface area contributed by atoms with Gasteiger partial charge in [0.2, 0.25) is 5.91 Å². The number of piperazine rings is 1. The maximum Gasteiger partial charge on any atom is 0.308 e. The van der Waals surface area contributed by atoms with Crippen LogP contribution in [-0.2, 0) is 14.3 Å². The van der Waals surface area contributed by atoms with E-state index in [1.807, 2.05) is 44.2 Å². The number of hydrogen-bond acceptors (Lipinski definition) is 6. The predicted octanol–water partition coefficient (Wildman–Crippen LogP) is 3.06. The third-order valence-electron chi connectivity index (χ3n) is 5.38. The number of amides is 2. The van der Waals surface area contributed by atoms with Gasteiger partial charge >= 0.3 is 5.97 Å². The molecule has 1 heterocycles. The zero-order valence-corrected chi connectivity index (χ0v) is 19.7. The van der Waals surface area contributed by atoms with E-state index in [1.54, 1.807) is 24.3 Å². The quantitative estimate of drug-likeness (QED) is 0.402. The maximum absolute atomic E-state index is 13.1. The Balaban J connectivity index is 1.52. The fourth-order valence-corrected chi connectivity index (χ4v) is 3.48. The van der Waals surface area contributed by atoms with Crippen molar-refractivity contribution in [1.82, 2.24) is 10.2 Å². The summed E-state index contributed by atoms with van der Waals surface area (Å²) in [6, 6.07) is 15.3. The van der Waals surface area contributed by atoms with Crippen molar-refractivity contribution in [2.75, 3.05) is 32.9 Å². The number of ether oxygens (including phenoxy) is 3. The third kappa shape index (κ3) is 7.50. The van der Waals surface area contributed by atoms with Gasteiger partial charge in [0.05, 0.1) is 13.0 Å². The van der Waals surface area contributed by atoms with E-state index in [0.717, 1.165) is 12.2 Å². The van der Waals surface area contributed by atoms with Crippen LogP contribution >= 0.6 is 0 Å². The first-order valence-corrected chi connectivity index (χ1v) is 11.6. The van der Waals surface area contributed by atoms with Crippen LogP contribution in [0, 0.1) is 5.92 Å². The van der Waals surface area contributed by atoms with Gasteiger partial charge in [0.25, 0.3) is 5.91 Å². The molecule has 8 heteroatoms. The highest BCUT2D eigenvalue weighted by atomic mass is 16.5. The Morgan fingerprint density at radius 3 is 2.26 bits per heavy atom. The SMILES string of the molecule is CC(C)CCOC(=O)CC1C(=O)NCCN1C(=O)c1ccc(OCCOc2ccccc2)cc1. The molecule has 1 fully saturated rings. The van der Waals surface area contributed by atoms with Crippen molar-refractivity contribution >= 4 is 17.8 Å². The summed E-state index contributed by atoms with van der Waals surface area (Å²) in [6.45, 7) is 5.79. The number of nitrogens with one attached hydrogen (secondary N) is 1. The fraction of sp³-hybridized carbons (Fsp3) is 0.423. The van der Waals surface area contributed by atoms with Crippen LogP contribution in [0.4, 0.5) is 0 Å². The van der Waals surface area contributed by atoms with E-state index in [1.165, 1.54) is 4.90 Å². The summed E-state index contributed by atoms with van der Waals surface area (Å²) in [6.07, 6.45) is 0.580. The zero-order chi connectivity index (χ0) is 24.3. The van der Waals surface area contributed by atoms with E-state index in [-0.39, 0.29) is 18.2 Å². The van der Waals surface area contributed by atoms with Gasteiger partial charge in [-0.3, -0.25) is 14.4 Å². The Morgan fingerprint density at radius 2 is 1.62 bits per heavy atom. The van der Waals surface area contributed by atoms with Gasteiger partial charge in [0, 0.05) is 18.7 Å². The topological polar surface area (TPSA) is 94.2 Å². The molecule has 1 saturated heterocycles. The van der Waals surface area contributed by atoms with Gasteiger partial charge in [0.15, 0.2) is 0 Å². The third-order valence-corrected chi connectivity index (χ3v) is 5.38. The van der Waals surface area contributed by atoms with Crippen LogP contribution in [-0.4, -0.2) is 61.6 Å². The number of carbonyl (C=O) groups excluding carboxylic acids is 3. The molecule has 1 atom stereocenters. The second-order valence-corrected chi connectivity index (χ2v) is 8.45. The van der Waals surface area contributed by atoms with Crippen LogP contribution in [0.25, 0.3) is 0 Å². The summed E-state index contributed by atoms with van der Waals surface area (Å²) in [5, 5.41) is 2.73. The molecule has 8 nitrogen and oxygen atoms in total. The van der Waals surface area contributed by atoms with E-state index in [0.29, 0.717) is 50.1 Å². The zero-order valence-electron chi connectivity index (χ0n) is 19.7. The second kappa shape index (κ2) is 12.6. The summed E-state index contributed by atoms with van der Waals surface area (Å²) in [5.41, 5.74) is 0.417. The Hall–Kier alpha value is -3.55. The molecule has 0 radical (unpaired) electrons. The van der Waals surface area contributed by atoms with Gasteiger partial charge in [-0.1, -0.05) is 32.0 Å². The minimum absolute atomic E-state index is 0.168. The molecule has 2 amide bonds. The molecule has 0 saturated carbocycles. The Morgan fingerprint density at radius 1 is 0.971 bits per heavy atom. The van der Waals surface area contributed by atoms with Gasteiger partial charge in [-0.25, -0.2) is 0 Å². The van der Waals surface area contributed by atoms with Crippen LogP contribution in [0.2, 0.25) is 0 Å². The molecule has 1 aliphatic heterocycles. The molecule has 0 aliphatic carbocycles. The number of rotatable bonds is 11. The monoisotopic (exact) mass is 468 g/mol. The summed E-state index contributed by atoms with van der Waals surface area (Å²) >= 11 is 0. The molecular formula is C26H32N2O6. The standard InChI is InChI=1S/C26H32N2O6/c1-19(2)12-15-34-24(29)18-23-25(30)27-13-14-28(23)26(31)20-8-10-22(11-9-20)33-17-16-32-21-6-4-3-5-7-21/h3-11,19,23H,12-18H2,1-2H3,(H,27,30). The molecule has 0 bridgehead atoms. The summed E-state index contributed by atoms with van der Waals surface area (Å²) in [7, 11) is 0. The summed E-state index contributed by atoms with van der Waals surface area (Å²) in [4.78, 5) is 39.2. The van der Waals surface area contributed by atoms with Crippen LogP contribution in [0.15, 0.2) is 54.6 Å². The van der Waals surface area contributed by atoms with Gasteiger partial charge in [-0.2, -0.15) is 0 Å². The lowest BCUT2D eigenvalue weighted by Crippen LogP contribution is -2.57. The molecule has 3 rings (SSSR count). The Labute approximate surface area is 200 Å². The number of esters is 1. The van der Waals surface area contributed by atoms with E-state index < -0.39 is 12.0 Å².